The summed E-state index contributed by atoms with van der Waals surface area (Å²) in [5.41, 5.74) is 4.68. The SMILES string of the molecule is O=C(O)C1CN(C(=O)OCC2c3ccccc3-c3ccccc32)CCCN1. The molecule has 1 unspecified atom stereocenters. The highest BCUT2D eigenvalue weighted by atomic mass is 16.6. The summed E-state index contributed by atoms with van der Waals surface area (Å²) >= 11 is 0. The first kappa shape index (κ1) is 17.5. The van der Waals surface area contributed by atoms with Gasteiger partial charge in [-0.05, 0) is 35.2 Å². The Morgan fingerprint density at radius 1 is 1.07 bits per heavy atom. The monoisotopic (exact) mass is 366 g/mol. The number of nitrogens with one attached hydrogen (secondary N) is 1. The highest BCUT2D eigenvalue weighted by Crippen LogP contribution is 2.44. The minimum absolute atomic E-state index is 0.00160. The molecule has 1 aliphatic heterocycles. The van der Waals surface area contributed by atoms with Crippen molar-refractivity contribution in [2.24, 2.45) is 0 Å². The summed E-state index contributed by atoms with van der Waals surface area (Å²) in [6.45, 7) is 1.43. The number of ether oxygens (including phenoxy) is 1. The third-order valence-corrected chi connectivity index (χ3v) is 5.29. The third kappa shape index (κ3) is 3.40. The molecule has 27 heavy (non-hydrogen) atoms. The number of aliphatic carboxylic acids is 1. The number of carboxylic acid groups (broad SMARTS) is 1. The molecule has 0 saturated carbocycles. The Labute approximate surface area is 157 Å². The molecule has 2 aromatic rings. The van der Waals surface area contributed by atoms with Crippen LogP contribution < -0.4 is 5.32 Å². The van der Waals surface area contributed by atoms with Gasteiger partial charge in [-0.1, -0.05) is 48.5 Å². The second kappa shape index (κ2) is 7.40. The maximum absolute atomic E-state index is 12.6. The fraction of sp³-hybridized carbons (Fsp3) is 0.333. The molecule has 1 aliphatic carbocycles. The fourth-order valence-electron chi connectivity index (χ4n) is 3.94. The van der Waals surface area contributed by atoms with Gasteiger partial charge in [-0.15, -0.1) is 0 Å². The molecule has 1 atom stereocenters. The predicted molar refractivity (Wildman–Crippen MR) is 101 cm³/mol. The molecule has 1 fully saturated rings. The number of nitrogens with zero attached hydrogens (tertiary/aromatic N) is 1. The van der Waals surface area contributed by atoms with E-state index >= 15 is 0 Å². The van der Waals surface area contributed by atoms with E-state index in [9.17, 15) is 14.7 Å². The van der Waals surface area contributed by atoms with Crippen molar-refractivity contribution in [1.29, 1.82) is 0 Å². The van der Waals surface area contributed by atoms with E-state index < -0.39 is 18.1 Å². The van der Waals surface area contributed by atoms with Crippen LogP contribution in [0.3, 0.4) is 0 Å². The van der Waals surface area contributed by atoms with Gasteiger partial charge in [-0.3, -0.25) is 4.79 Å². The van der Waals surface area contributed by atoms with Gasteiger partial charge in [0.05, 0.1) is 6.54 Å². The van der Waals surface area contributed by atoms with Crippen molar-refractivity contribution in [3.63, 3.8) is 0 Å². The van der Waals surface area contributed by atoms with E-state index in [1.807, 2.05) is 24.3 Å². The van der Waals surface area contributed by atoms with E-state index in [0.29, 0.717) is 19.5 Å². The standard InChI is InChI=1S/C21H22N2O4/c24-20(25)19-12-23(11-5-10-22-19)21(26)27-13-18-16-8-3-1-6-14(16)15-7-2-4-9-17(15)18/h1-4,6-9,18-19,22H,5,10-13H2,(H,24,25). The van der Waals surface area contributed by atoms with E-state index in [2.05, 4.69) is 29.6 Å². The Morgan fingerprint density at radius 2 is 1.70 bits per heavy atom. The molecule has 2 aliphatic rings. The number of carboxylic acids is 1. The Hall–Kier alpha value is -2.86. The van der Waals surface area contributed by atoms with Gasteiger partial charge in [-0.2, -0.15) is 0 Å². The molecule has 2 N–H and O–H groups in total. The van der Waals surface area contributed by atoms with Crippen LogP contribution in [-0.4, -0.2) is 54.4 Å². The Bertz CT molecular complexity index is 821. The van der Waals surface area contributed by atoms with Crippen molar-refractivity contribution in [3.05, 3.63) is 59.7 Å². The summed E-state index contributed by atoms with van der Waals surface area (Å²) in [7, 11) is 0. The molecule has 140 valence electrons. The van der Waals surface area contributed by atoms with Crippen molar-refractivity contribution in [1.82, 2.24) is 10.2 Å². The first-order valence-electron chi connectivity index (χ1n) is 9.21. The Kier molecular flexibility index (Phi) is 4.81. The van der Waals surface area contributed by atoms with E-state index in [1.165, 1.54) is 16.0 Å². The van der Waals surface area contributed by atoms with Crippen molar-refractivity contribution < 1.29 is 19.4 Å². The van der Waals surface area contributed by atoms with Gasteiger partial charge in [0, 0.05) is 12.5 Å². The average Bonchev–Trinajstić information content (AvgIpc) is 2.83. The maximum atomic E-state index is 12.6. The minimum atomic E-state index is -0.951. The van der Waals surface area contributed by atoms with Crippen LogP contribution in [0, 0.1) is 0 Å². The van der Waals surface area contributed by atoms with Crippen LogP contribution in [0.15, 0.2) is 48.5 Å². The van der Waals surface area contributed by atoms with E-state index in [-0.39, 0.29) is 19.1 Å². The number of benzene rings is 2. The zero-order valence-corrected chi connectivity index (χ0v) is 14.9. The molecular formula is C21H22N2O4. The molecule has 2 aromatic carbocycles. The van der Waals surface area contributed by atoms with Gasteiger partial charge in [0.25, 0.3) is 0 Å². The number of amides is 1. The summed E-state index contributed by atoms with van der Waals surface area (Å²) < 4.78 is 5.63. The summed E-state index contributed by atoms with van der Waals surface area (Å²) in [6.07, 6.45) is 0.250. The molecule has 0 bridgehead atoms. The lowest BCUT2D eigenvalue weighted by atomic mass is 9.98. The van der Waals surface area contributed by atoms with Crippen LogP contribution in [0.4, 0.5) is 4.79 Å². The largest absolute Gasteiger partial charge is 0.480 e. The lowest BCUT2D eigenvalue weighted by molar-refractivity contribution is -0.139. The molecule has 6 heteroatoms. The third-order valence-electron chi connectivity index (χ3n) is 5.29. The van der Waals surface area contributed by atoms with Gasteiger partial charge >= 0.3 is 12.1 Å². The van der Waals surface area contributed by atoms with Crippen LogP contribution in [0.2, 0.25) is 0 Å². The van der Waals surface area contributed by atoms with Crippen LogP contribution in [0.5, 0.6) is 0 Å². The first-order valence-corrected chi connectivity index (χ1v) is 9.21. The van der Waals surface area contributed by atoms with Gasteiger partial charge in [0.2, 0.25) is 0 Å². The summed E-state index contributed by atoms with van der Waals surface area (Å²) in [5, 5.41) is 12.2. The minimum Gasteiger partial charge on any atom is -0.480 e. The Balaban J connectivity index is 1.48. The summed E-state index contributed by atoms with van der Waals surface area (Å²) in [6, 6.07) is 15.6. The zero-order chi connectivity index (χ0) is 18.8. The lowest BCUT2D eigenvalue weighted by Gasteiger charge is -2.23. The predicted octanol–water partition coefficient (Wildman–Crippen LogP) is 2.68. The molecule has 0 aromatic heterocycles. The zero-order valence-electron chi connectivity index (χ0n) is 14.9. The van der Waals surface area contributed by atoms with Crippen LogP contribution in [0.25, 0.3) is 11.1 Å². The molecule has 1 amide bonds. The second-order valence-corrected chi connectivity index (χ2v) is 6.95. The van der Waals surface area contributed by atoms with Crippen LogP contribution in [0.1, 0.15) is 23.5 Å². The summed E-state index contributed by atoms with van der Waals surface area (Å²) in [4.78, 5) is 25.3. The molecule has 1 saturated heterocycles. The highest BCUT2D eigenvalue weighted by Gasteiger charge is 2.31. The molecule has 6 nitrogen and oxygen atoms in total. The molecule has 0 radical (unpaired) electrons. The quantitative estimate of drug-likeness (QED) is 0.873. The number of hydrogen-bond donors (Lipinski definition) is 2. The fourth-order valence-corrected chi connectivity index (χ4v) is 3.94. The Morgan fingerprint density at radius 3 is 2.33 bits per heavy atom. The molecule has 4 rings (SSSR count). The maximum Gasteiger partial charge on any atom is 0.409 e. The van der Waals surface area contributed by atoms with Crippen molar-refractivity contribution >= 4 is 12.1 Å². The van der Waals surface area contributed by atoms with Gasteiger partial charge in [0.1, 0.15) is 12.6 Å². The lowest BCUT2D eigenvalue weighted by Crippen LogP contribution is -2.45. The van der Waals surface area contributed by atoms with E-state index in [0.717, 1.165) is 11.1 Å². The molecule has 1 heterocycles. The highest BCUT2D eigenvalue weighted by molar-refractivity contribution is 5.79. The normalized spacial score (nSPS) is 19.1. The number of hydrogen-bond acceptors (Lipinski definition) is 4. The van der Waals surface area contributed by atoms with E-state index in [4.69, 9.17) is 4.74 Å². The molecular weight excluding hydrogens is 344 g/mol. The number of carbonyl (C=O) groups excluding carboxylic acids is 1. The number of rotatable bonds is 3. The topological polar surface area (TPSA) is 78.9 Å². The van der Waals surface area contributed by atoms with Crippen LogP contribution in [-0.2, 0) is 9.53 Å². The van der Waals surface area contributed by atoms with Gasteiger partial charge in [-0.25, -0.2) is 4.79 Å². The average molecular weight is 366 g/mol. The van der Waals surface area contributed by atoms with Crippen molar-refractivity contribution in [2.45, 2.75) is 18.4 Å². The second-order valence-electron chi connectivity index (χ2n) is 6.95. The summed E-state index contributed by atoms with van der Waals surface area (Å²) in [5.74, 6) is -0.949. The first-order chi connectivity index (χ1) is 13.1. The van der Waals surface area contributed by atoms with E-state index in [1.54, 1.807) is 0 Å². The van der Waals surface area contributed by atoms with Gasteiger partial charge < -0.3 is 20.1 Å². The number of fused-ring (bicyclic) bond motifs is 3. The number of carbonyl (C=O) groups is 2. The van der Waals surface area contributed by atoms with Crippen molar-refractivity contribution in [2.75, 3.05) is 26.2 Å². The van der Waals surface area contributed by atoms with Crippen molar-refractivity contribution in [3.8, 4) is 11.1 Å². The smallest absolute Gasteiger partial charge is 0.409 e. The van der Waals surface area contributed by atoms with Crippen LogP contribution >= 0.6 is 0 Å². The molecule has 0 spiro atoms. The van der Waals surface area contributed by atoms with Gasteiger partial charge in [0.15, 0.2) is 0 Å².